The quantitative estimate of drug-likeness (QED) is 0.421. The predicted octanol–water partition coefficient (Wildman–Crippen LogP) is 3.86. The number of amides is 1. The van der Waals surface area contributed by atoms with E-state index in [0.717, 1.165) is 11.8 Å². The van der Waals surface area contributed by atoms with Gasteiger partial charge in [-0.25, -0.2) is 0 Å². The van der Waals surface area contributed by atoms with E-state index in [1.165, 1.54) is 12.1 Å². The van der Waals surface area contributed by atoms with Gasteiger partial charge in [0.1, 0.15) is 11.4 Å². The van der Waals surface area contributed by atoms with Gasteiger partial charge in [0.15, 0.2) is 11.0 Å². The highest BCUT2D eigenvalue weighted by atomic mass is 32.2. The number of ether oxygens (including phenoxy) is 1. The van der Waals surface area contributed by atoms with Gasteiger partial charge in [-0.2, -0.15) is 8.78 Å². The van der Waals surface area contributed by atoms with Gasteiger partial charge in [-0.3, -0.25) is 14.3 Å². The minimum Gasteiger partial charge on any atom is -0.433 e. The fourth-order valence-electron chi connectivity index (χ4n) is 2.46. The Morgan fingerprint density at radius 3 is 2.76 bits per heavy atom. The number of hydrogen-bond acceptors (Lipinski definition) is 6. The average Bonchev–Trinajstić information content (AvgIpc) is 3.11. The number of hydrogen-bond donors (Lipinski definition) is 1. The number of pyridine rings is 1. The molecule has 3 aromatic rings. The first kappa shape index (κ1) is 20.5. The summed E-state index contributed by atoms with van der Waals surface area (Å²) in [5.74, 6) is 0.0607. The molecule has 3 rings (SSSR count). The molecule has 0 aliphatic heterocycles. The van der Waals surface area contributed by atoms with Gasteiger partial charge in [-0.1, -0.05) is 36.0 Å². The van der Waals surface area contributed by atoms with Crippen molar-refractivity contribution in [3.8, 4) is 17.3 Å². The number of alkyl halides is 2. The zero-order chi connectivity index (χ0) is 20.6. The Hall–Kier alpha value is -3.27. The number of nitrogens with zero attached hydrogens (tertiary/aromatic N) is 4. The molecule has 2 aromatic heterocycles. The largest absolute Gasteiger partial charge is 0.433 e. The molecule has 10 heteroatoms. The minimum absolute atomic E-state index is 0.000503. The van der Waals surface area contributed by atoms with Gasteiger partial charge < -0.3 is 10.1 Å². The van der Waals surface area contributed by atoms with Gasteiger partial charge in [-0.15, -0.1) is 16.8 Å². The van der Waals surface area contributed by atoms with Crippen LogP contribution in [0.5, 0.6) is 5.75 Å². The van der Waals surface area contributed by atoms with Crippen LogP contribution >= 0.6 is 11.8 Å². The molecule has 0 saturated heterocycles. The Bertz CT molecular complexity index is 982. The second kappa shape index (κ2) is 9.78. The lowest BCUT2D eigenvalue weighted by Crippen LogP contribution is -2.16. The van der Waals surface area contributed by atoms with Gasteiger partial charge in [0.05, 0.1) is 11.4 Å². The topological polar surface area (TPSA) is 81.9 Å². The Kier molecular flexibility index (Phi) is 6.90. The first-order valence-corrected chi connectivity index (χ1v) is 9.49. The molecule has 1 N–H and O–H groups in total. The van der Waals surface area contributed by atoms with Crippen LogP contribution in [0.3, 0.4) is 0 Å². The van der Waals surface area contributed by atoms with Crippen LogP contribution in [0.1, 0.15) is 0 Å². The fraction of sp³-hybridized carbons (Fsp3) is 0.158. The third-order valence-corrected chi connectivity index (χ3v) is 4.60. The van der Waals surface area contributed by atoms with Crippen molar-refractivity contribution in [3.63, 3.8) is 0 Å². The van der Waals surface area contributed by atoms with Gasteiger partial charge in [0.25, 0.3) is 0 Å². The van der Waals surface area contributed by atoms with Gasteiger partial charge in [-0.05, 0) is 24.3 Å². The molecule has 0 bridgehead atoms. The number of carbonyl (C=O) groups is 1. The zero-order valence-corrected chi connectivity index (χ0v) is 16.0. The normalized spacial score (nSPS) is 10.7. The average molecular weight is 417 g/mol. The lowest BCUT2D eigenvalue weighted by molar-refractivity contribution is -0.113. The van der Waals surface area contributed by atoms with Gasteiger partial charge in [0, 0.05) is 12.7 Å². The number of benzene rings is 1. The third kappa shape index (κ3) is 5.38. The summed E-state index contributed by atoms with van der Waals surface area (Å²) in [4.78, 5) is 16.6. The maximum absolute atomic E-state index is 12.5. The first-order valence-electron chi connectivity index (χ1n) is 8.50. The molecule has 0 saturated carbocycles. The molecule has 7 nitrogen and oxygen atoms in total. The Morgan fingerprint density at radius 1 is 1.24 bits per heavy atom. The summed E-state index contributed by atoms with van der Waals surface area (Å²) in [6.07, 6.45) is 3.35. The van der Waals surface area contributed by atoms with Crippen LogP contribution in [-0.4, -0.2) is 38.0 Å². The standard InChI is InChI=1S/C19H17F2N5O2S/c1-2-11-26-17(14-8-5-6-10-22-14)24-25-19(26)29-12-16(27)23-13-7-3-4-9-15(13)28-18(20)21/h2-10,18H,1,11-12H2,(H,23,27). The Morgan fingerprint density at radius 2 is 2.03 bits per heavy atom. The molecule has 0 aliphatic carbocycles. The lowest BCUT2D eigenvalue weighted by Gasteiger charge is -2.11. The second-order valence-corrected chi connectivity index (χ2v) is 6.57. The SMILES string of the molecule is C=CCn1c(SCC(=O)Nc2ccccc2OC(F)F)nnc1-c1ccccn1. The van der Waals surface area contributed by atoms with Gasteiger partial charge in [0.2, 0.25) is 5.91 Å². The van der Waals surface area contributed by atoms with Crippen LogP contribution in [-0.2, 0) is 11.3 Å². The minimum atomic E-state index is -2.98. The molecule has 0 radical (unpaired) electrons. The van der Waals surface area contributed by atoms with E-state index >= 15 is 0 Å². The Balaban J connectivity index is 1.70. The van der Waals surface area contributed by atoms with E-state index in [1.54, 1.807) is 35.0 Å². The van der Waals surface area contributed by atoms with Crippen molar-refractivity contribution in [1.29, 1.82) is 0 Å². The van der Waals surface area contributed by atoms with Crippen molar-refractivity contribution < 1.29 is 18.3 Å². The summed E-state index contributed by atoms with van der Waals surface area (Å²) >= 11 is 1.16. The molecule has 150 valence electrons. The third-order valence-electron chi connectivity index (χ3n) is 3.63. The van der Waals surface area contributed by atoms with Crippen molar-refractivity contribution in [3.05, 3.63) is 61.3 Å². The van der Waals surface area contributed by atoms with E-state index in [9.17, 15) is 13.6 Å². The van der Waals surface area contributed by atoms with Crippen LogP contribution in [0.15, 0.2) is 66.5 Å². The number of thioether (sulfide) groups is 1. The Labute approximate surface area is 169 Å². The molecule has 29 heavy (non-hydrogen) atoms. The van der Waals surface area contributed by atoms with Crippen LogP contribution in [0.2, 0.25) is 0 Å². The summed E-state index contributed by atoms with van der Waals surface area (Å²) in [6, 6.07) is 11.4. The maximum Gasteiger partial charge on any atom is 0.387 e. The second-order valence-electron chi connectivity index (χ2n) is 5.63. The van der Waals surface area contributed by atoms with E-state index < -0.39 is 12.5 Å². The van der Waals surface area contributed by atoms with Crippen molar-refractivity contribution in [2.45, 2.75) is 18.3 Å². The molecule has 0 unspecified atom stereocenters. The number of nitrogens with one attached hydrogen (secondary N) is 1. The molecule has 2 heterocycles. The van der Waals surface area contributed by atoms with Crippen LogP contribution in [0, 0.1) is 0 Å². The molecular formula is C19H17F2N5O2S. The zero-order valence-electron chi connectivity index (χ0n) is 15.2. The number of anilines is 1. The number of rotatable bonds is 9. The van der Waals surface area contributed by atoms with Crippen molar-refractivity contribution in [2.24, 2.45) is 0 Å². The van der Waals surface area contributed by atoms with E-state index in [0.29, 0.717) is 23.2 Å². The molecular weight excluding hydrogens is 400 g/mol. The number of allylic oxidation sites excluding steroid dienone is 1. The molecule has 0 atom stereocenters. The van der Waals surface area contributed by atoms with Crippen molar-refractivity contribution in [1.82, 2.24) is 19.7 Å². The van der Waals surface area contributed by atoms with E-state index in [1.807, 2.05) is 12.1 Å². The molecule has 1 amide bonds. The van der Waals surface area contributed by atoms with Crippen molar-refractivity contribution in [2.75, 3.05) is 11.1 Å². The van der Waals surface area contributed by atoms with Crippen LogP contribution in [0.4, 0.5) is 14.5 Å². The van der Waals surface area contributed by atoms with Crippen LogP contribution in [0.25, 0.3) is 11.5 Å². The van der Waals surface area contributed by atoms with Crippen LogP contribution < -0.4 is 10.1 Å². The number of halogens is 2. The van der Waals surface area contributed by atoms with E-state index in [-0.39, 0.29) is 17.2 Å². The highest BCUT2D eigenvalue weighted by Gasteiger charge is 2.16. The van der Waals surface area contributed by atoms with E-state index in [4.69, 9.17) is 0 Å². The maximum atomic E-state index is 12.5. The fourth-order valence-corrected chi connectivity index (χ4v) is 3.21. The smallest absolute Gasteiger partial charge is 0.387 e. The summed E-state index contributed by atoms with van der Waals surface area (Å²) in [5.41, 5.74) is 0.816. The van der Waals surface area contributed by atoms with Crippen molar-refractivity contribution >= 4 is 23.4 Å². The monoisotopic (exact) mass is 417 g/mol. The van der Waals surface area contributed by atoms with Gasteiger partial charge >= 0.3 is 6.61 Å². The molecule has 1 aromatic carbocycles. The highest BCUT2D eigenvalue weighted by Crippen LogP contribution is 2.27. The summed E-state index contributed by atoms with van der Waals surface area (Å²) in [7, 11) is 0. The molecule has 0 aliphatic rings. The lowest BCUT2D eigenvalue weighted by atomic mass is 10.3. The predicted molar refractivity (Wildman–Crippen MR) is 106 cm³/mol. The number of aromatic nitrogens is 4. The number of para-hydroxylation sites is 2. The number of carbonyl (C=O) groups excluding carboxylic acids is 1. The highest BCUT2D eigenvalue weighted by molar-refractivity contribution is 7.99. The summed E-state index contributed by atoms with van der Waals surface area (Å²) < 4.78 is 31.2. The first-order chi connectivity index (χ1) is 14.1. The summed E-state index contributed by atoms with van der Waals surface area (Å²) in [6.45, 7) is 1.19. The van der Waals surface area contributed by atoms with E-state index in [2.05, 4.69) is 31.8 Å². The molecule has 0 fully saturated rings. The molecule has 0 spiro atoms. The summed E-state index contributed by atoms with van der Waals surface area (Å²) in [5, 5.41) is 11.4.